The van der Waals surface area contributed by atoms with E-state index in [1.807, 2.05) is 39.0 Å². The molecule has 6 nitrogen and oxygen atoms in total. The zero-order valence-corrected chi connectivity index (χ0v) is 16.4. The number of benzene rings is 1. The summed E-state index contributed by atoms with van der Waals surface area (Å²) in [6.07, 6.45) is 2.78. The van der Waals surface area contributed by atoms with Crippen molar-refractivity contribution in [1.82, 2.24) is 16.0 Å². The van der Waals surface area contributed by atoms with Crippen molar-refractivity contribution in [2.45, 2.75) is 58.1 Å². The highest BCUT2D eigenvalue weighted by Crippen LogP contribution is 2.06. The van der Waals surface area contributed by atoms with E-state index in [4.69, 9.17) is 4.74 Å². The van der Waals surface area contributed by atoms with Gasteiger partial charge >= 0.3 is 6.09 Å². The molecule has 0 aliphatic heterocycles. The number of rotatable bonds is 10. The fourth-order valence-corrected chi connectivity index (χ4v) is 2.49. The van der Waals surface area contributed by atoms with Crippen LogP contribution in [0.3, 0.4) is 0 Å². The van der Waals surface area contributed by atoms with Gasteiger partial charge in [0.2, 0.25) is 5.91 Å². The third-order valence-electron chi connectivity index (χ3n) is 3.79. The number of aryl methyl sites for hydroxylation is 1. The van der Waals surface area contributed by atoms with E-state index in [9.17, 15) is 9.59 Å². The molecule has 0 aliphatic rings. The summed E-state index contributed by atoms with van der Waals surface area (Å²) in [7, 11) is 1.77. The van der Waals surface area contributed by atoms with Crippen LogP contribution in [0.4, 0.5) is 4.79 Å². The normalized spacial score (nSPS) is 12.3. The highest BCUT2D eigenvalue weighted by Gasteiger charge is 2.17. The maximum absolute atomic E-state index is 12.2. The van der Waals surface area contributed by atoms with Crippen molar-refractivity contribution in [2.75, 3.05) is 20.1 Å². The van der Waals surface area contributed by atoms with Gasteiger partial charge in [0.25, 0.3) is 0 Å². The average Bonchev–Trinajstić information content (AvgIpc) is 2.58. The van der Waals surface area contributed by atoms with Gasteiger partial charge in [0, 0.05) is 13.1 Å². The van der Waals surface area contributed by atoms with E-state index in [0.717, 1.165) is 12.8 Å². The number of alkyl carbamates (subject to hydrolysis) is 1. The van der Waals surface area contributed by atoms with Crippen LogP contribution in [-0.4, -0.2) is 43.8 Å². The van der Waals surface area contributed by atoms with E-state index in [1.165, 1.54) is 5.56 Å². The zero-order chi connectivity index (χ0) is 19.4. The van der Waals surface area contributed by atoms with Crippen LogP contribution < -0.4 is 16.0 Å². The van der Waals surface area contributed by atoms with E-state index in [-0.39, 0.29) is 11.9 Å². The minimum Gasteiger partial charge on any atom is -0.444 e. The van der Waals surface area contributed by atoms with Gasteiger partial charge in [0.15, 0.2) is 0 Å². The maximum Gasteiger partial charge on any atom is 0.407 e. The molecule has 1 atom stereocenters. The predicted molar refractivity (Wildman–Crippen MR) is 104 cm³/mol. The third-order valence-corrected chi connectivity index (χ3v) is 3.79. The number of ether oxygens (including phenoxy) is 1. The first kappa shape index (κ1) is 22.0. The molecule has 1 aromatic rings. The van der Waals surface area contributed by atoms with Crippen LogP contribution in [0.5, 0.6) is 0 Å². The van der Waals surface area contributed by atoms with Gasteiger partial charge in [-0.25, -0.2) is 4.79 Å². The number of carbonyl (C=O) groups is 2. The van der Waals surface area contributed by atoms with Gasteiger partial charge in [-0.05, 0) is 59.1 Å². The van der Waals surface area contributed by atoms with Crippen LogP contribution in [0, 0.1) is 0 Å². The molecule has 26 heavy (non-hydrogen) atoms. The molecule has 3 N–H and O–H groups in total. The van der Waals surface area contributed by atoms with E-state index >= 15 is 0 Å². The van der Waals surface area contributed by atoms with Gasteiger partial charge in [-0.1, -0.05) is 30.3 Å². The van der Waals surface area contributed by atoms with Crippen molar-refractivity contribution in [3.05, 3.63) is 35.9 Å². The Hall–Kier alpha value is -2.08. The van der Waals surface area contributed by atoms with E-state index < -0.39 is 11.7 Å². The first-order valence-electron chi connectivity index (χ1n) is 9.27. The highest BCUT2D eigenvalue weighted by atomic mass is 16.6. The predicted octanol–water partition coefficient (Wildman–Crippen LogP) is 2.63. The molecule has 1 rings (SSSR count). The smallest absolute Gasteiger partial charge is 0.407 e. The van der Waals surface area contributed by atoms with E-state index in [0.29, 0.717) is 25.9 Å². The standard InChI is InChI=1S/C20H33N3O3/c1-20(2,3)26-19(25)23-15-9-13-17(21-4)18(24)22-14-8-12-16-10-6-5-7-11-16/h5-7,10-11,17,21H,8-9,12-15H2,1-4H3,(H,22,24)(H,23,25)/t17-/m0/s1. The molecule has 0 radical (unpaired) electrons. The van der Waals surface area contributed by atoms with Crippen LogP contribution in [0.25, 0.3) is 0 Å². The summed E-state index contributed by atoms with van der Waals surface area (Å²) in [5.74, 6) is -0.00201. The summed E-state index contributed by atoms with van der Waals surface area (Å²) in [6.45, 7) is 6.61. The molecular formula is C20H33N3O3. The van der Waals surface area contributed by atoms with Gasteiger partial charge < -0.3 is 20.7 Å². The van der Waals surface area contributed by atoms with Crippen molar-refractivity contribution >= 4 is 12.0 Å². The Labute approximate surface area is 157 Å². The topological polar surface area (TPSA) is 79.5 Å². The summed E-state index contributed by atoms with van der Waals surface area (Å²) < 4.78 is 5.18. The number of carbonyl (C=O) groups excluding carboxylic acids is 2. The zero-order valence-electron chi connectivity index (χ0n) is 16.4. The molecule has 0 aliphatic carbocycles. The Bertz CT molecular complexity index is 541. The van der Waals surface area contributed by atoms with Gasteiger partial charge in [-0.3, -0.25) is 4.79 Å². The highest BCUT2D eigenvalue weighted by molar-refractivity contribution is 5.81. The van der Waals surface area contributed by atoms with E-state index in [2.05, 4.69) is 28.1 Å². The second-order valence-electron chi connectivity index (χ2n) is 7.29. The Morgan fingerprint density at radius 2 is 1.69 bits per heavy atom. The molecule has 0 saturated carbocycles. The molecule has 0 aromatic heterocycles. The summed E-state index contributed by atoms with van der Waals surface area (Å²) in [5, 5.41) is 8.71. The number of hydrogen-bond donors (Lipinski definition) is 3. The molecule has 146 valence electrons. The lowest BCUT2D eigenvalue weighted by Crippen LogP contribution is -2.43. The van der Waals surface area contributed by atoms with Crippen LogP contribution in [0.2, 0.25) is 0 Å². The van der Waals surface area contributed by atoms with Crippen molar-refractivity contribution < 1.29 is 14.3 Å². The molecular weight excluding hydrogens is 330 g/mol. The lowest BCUT2D eigenvalue weighted by molar-refractivity contribution is -0.123. The quantitative estimate of drug-likeness (QED) is 0.558. The average molecular weight is 364 g/mol. The first-order chi connectivity index (χ1) is 12.3. The lowest BCUT2D eigenvalue weighted by Gasteiger charge is -2.20. The second kappa shape index (κ2) is 11.5. The van der Waals surface area contributed by atoms with Gasteiger partial charge in [0.05, 0.1) is 6.04 Å². The second-order valence-corrected chi connectivity index (χ2v) is 7.29. The Kier molecular flexibility index (Phi) is 9.73. The molecule has 0 spiro atoms. The van der Waals surface area contributed by atoms with Gasteiger partial charge in [0.1, 0.15) is 5.60 Å². The minimum atomic E-state index is -0.503. The molecule has 0 bridgehead atoms. The van der Waals surface area contributed by atoms with Crippen LogP contribution in [0.1, 0.15) is 45.6 Å². The van der Waals surface area contributed by atoms with Crippen molar-refractivity contribution in [3.8, 4) is 0 Å². The maximum atomic E-state index is 12.2. The fraction of sp³-hybridized carbons (Fsp3) is 0.600. The largest absolute Gasteiger partial charge is 0.444 e. The number of likely N-dealkylation sites (N-methyl/N-ethyl adjacent to an activating group) is 1. The van der Waals surface area contributed by atoms with Gasteiger partial charge in [-0.15, -0.1) is 0 Å². The number of amides is 2. The van der Waals surface area contributed by atoms with Crippen molar-refractivity contribution in [1.29, 1.82) is 0 Å². The van der Waals surface area contributed by atoms with Crippen molar-refractivity contribution in [3.63, 3.8) is 0 Å². The number of nitrogens with one attached hydrogen (secondary N) is 3. The summed E-state index contributed by atoms with van der Waals surface area (Å²) in [6, 6.07) is 9.98. The molecule has 2 amide bonds. The molecule has 0 saturated heterocycles. The Balaban J connectivity index is 2.17. The molecule has 6 heteroatoms. The fourth-order valence-electron chi connectivity index (χ4n) is 2.49. The Morgan fingerprint density at radius 1 is 1.04 bits per heavy atom. The van der Waals surface area contributed by atoms with Crippen LogP contribution in [0.15, 0.2) is 30.3 Å². The molecule has 0 heterocycles. The molecule has 1 aromatic carbocycles. The van der Waals surface area contributed by atoms with Gasteiger partial charge in [-0.2, -0.15) is 0 Å². The van der Waals surface area contributed by atoms with Crippen LogP contribution in [-0.2, 0) is 16.0 Å². The molecule has 0 fully saturated rings. The minimum absolute atomic E-state index is 0.00201. The van der Waals surface area contributed by atoms with E-state index in [1.54, 1.807) is 7.05 Å². The monoisotopic (exact) mass is 363 g/mol. The number of hydrogen-bond acceptors (Lipinski definition) is 4. The molecule has 0 unspecified atom stereocenters. The summed E-state index contributed by atoms with van der Waals surface area (Å²) >= 11 is 0. The lowest BCUT2D eigenvalue weighted by atomic mass is 10.1. The Morgan fingerprint density at radius 3 is 2.31 bits per heavy atom. The van der Waals surface area contributed by atoms with Crippen LogP contribution >= 0.6 is 0 Å². The summed E-state index contributed by atoms with van der Waals surface area (Å²) in [5.41, 5.74) is 0.775. The SMILES string of the molecule is CN[C@@H](CCCNC(=O)OC(C)(C)C)C(=O)NCCCc1ccccc1. The third kappa shape index (κ3) is 10.0. The first-order valence-corrected chi connectivity index (χ1v) is 9.27. The van der Waals surface area contributed by atoms with Crippen molar-refractivity contribution in [2.24, 2.45) is 0 Å². The summed E-state index contributed by atoms with van der Waals surface area (Å²) in [4.78, 5) is 23.8.